The van der Waals surface area contributed by atoms with E-state index in [0.717, 1.165) is 12.0 Å². The van der Waals surface area contributed by atoms with Crippen LogP contribution in [0.4, 0.5) is 0 Å². The van der Waals surface area contributed by atoms with Crippen molar-refractivity contribution < 1.29 is 0 Å². The Morgan fingerprint density at radius 3 is 2.78 bits per heavy atom. The predicted molar refractivity (Wildman–Crippen MR) is 41.0 cm³/mol. The van der Waals surface area contributed by atoms with Gasteiger partial charge in [-0.2, -0.15) is 0 Å². The van der Waals surface area contributed by atoms with Gasteiger partial charge in [0.05, 0.1) is 0 Å². The topological polar surface area (TPSA) is 12.0 Å². The van der Waals surface area contributed by atoms with E-state index in [1.54, 1.807) is 0 Å². The van der Waals surface area contributed by atoms with Gasteiger partial charge in [0.25, 0.3) is 0 Å². The molecule has 1 saturated heterocycles. The summed E-state index contributed by atoms with van der Waals surface area (Å²) in [5.41, 5.74) is 0. The van der Waals surface area contributed by atoms with Crippen LogP contribution in [0.5, 0.6) is 0 Å². The van der Waals surface area contributed by atoms with Crippen molar-refractivity contribution >= 4 is 12.4 Å². The molecule has 1 nitrogen and oxygen atoms in total. The van der Waals surface area contributed by atoms with E-state index in [9.17, 15) is 0 Å². The van der Waals surface area contributed by atoms with Gasteiger partial charge in [-0.1, -0.05) is 6.42 Å². The maximum atomic E-state index is 3.52. The summed E-state index contributed by atoms with van der Waals surface area (Å²) in [6.07, 6.45) is 5.88. The number of hydrogen-bond acceptors (Lipinski definition) is 1. The van der Waals surface area contributed by atoms with Crippen molar-refractivity contribution in [3.8, 4) is 0 Å². The van der Waals surface area contributed by atoms with Gasteiger partial charge in [0.15, 0.2) is 0 Å². The molecule has 1 aliphatic heterocycles. The average molecular weight is 148 g/mol. The van der Waals surface area contributed by atoms with E-state index in [-0.39, 0.29) is 12.4 Å². The highest BCUT2D eigenvalue weighted by Gasteiger charge is 2.27. The maximum Gasteiger partial charge on any atom is 0.00702 e. The first-order chi connectivity index (χ1) is 3.95. The van der Waals surface area contributed by atoms with Crippen LogP contribution in [0.2, 0.25) is 0 Å². The highest BCUT2D eigenvalue weighted by atomic mass is 35.5. The molecule has 0 spiro atoms. The highest BCUT2D eigenvalue weighted by Crippen LogP contribution is 2.28. The molecule has 0 aromatic heterocycles. The molecule has 1 heterocycles. The summed E-state index contributed by atoms with van der Waals surface area (Å²) >= 11 is 0. The quantitative estimate of drug-likeness (QED) is 0.549. The Labute approximate surface area is 62.6 Å². The fraction of sp³-hybridized carbons (Fsp3) is 1.00. The lowest BCUT2D eigenvalue weighted by molar-refractivity contribution is 0.410. The summed E-state index contributed by atoms with van der Waals surface area (Å²) < 4.78 is 0. The van der Waals surface area contributed by atoms with Crippen LogP contribution in [-0.2, 0) is 0 Å². The van der Waals surface area contributed by atoms with Gasteiger partial charge >= 0.3 is 0 Å². The molecule has 0 unspecified atom stereocenters. The molecule has 2 heteroatoms. The fourth-order valence-corrected chi connectivity index (χ4v) is 2.00. The number of halogens is 1. The molecule has 1 saturated carbocycles. The Balaban J connectivity index is 0.000000405. The third-order valence-corrected chi connectivity index (χ3v) is 2.48. The van der Waals surface area contributed by atoms with Gasteiger partial charge < -0.3 is 5.32 Å². The van der Waals surface area contributed by atoms with Crippen LogP contribution < -0.4 is 5.32 Å². The molecule has 0 aromatic carbocycles. The van der Waals surface area contributed by atoms with Crippen LogP contribution in [-0.4, -0.2) is 12.6 Å². The molecule has 54 valence electrons. The summed E-state index contributed by atoms with van der Waals surface area (Å²) in [4.78, 5) is 0. The summed E-state index contributed by atoms with van der Waals surface area (Å²) in [6, 6.07) is 0.911. The second-order valence-corrected chi connectivity index (χ2v) is 3.14. The lowest BCUT2D eigenvalue weighted by Gasteiger charge is -2.15. The largest absolute Gasteiger partial charge is 0.314 e. The van der Waals surface area contributed by atoms with E-state index in [1.165, 1.54) is 32.2 Å². The number of hydrogen-bond donors (Lipinski definition) is 1. The number of nitrogens with one attached hydrogen (secondary N) is 1. The molecule has 2 aliphatic rings. The molecule has 2 bridgehead atoms. The minimum atomic E-state index is 0. The first-order valence-corrected chi connectivity index (χ1v) is 3.68. The SMILES string of the molecule is C1C[C@H]2CN[C@@H](C1)C2.Cl. The standard InChI is InChI=1S/C7H13N.ClH/c1-2-6-4-7(3-1)8-5-6;/h6-8H,1-5H2;1H/t6-,7+;/m1./s1. The molecule has 0 aromatic rings. The highest BCUT2D eigenvalue weighted by molar-refractivity contribution is 5.85. The van der Waals surface area contributed by atoms with Crippen molar-refractivity contribution in [1.82, 2.24) is 5.32 Å². The summed E-state index contributed by atoms with van der Waals surface area (Å²) in [6.45, 7) is 1.31. The normalized spacial score (nSPS) is 40.0. The van der Waals surface area contributed by atoms with Crippen LogP contribution in [0.3, 0.4) is 0 Å². The zero-order valence-corrected chi connectivity index (χ0v) is 6.41. The Morgan fingerprint density at radius 1 is 1.22 bits per heavy atom. The zero-order chi connectivity index (χ0) is 5.40. The first kappa shape index (κ1) is 7.36. The van der Waals surface area contributed by atoms with E-state index in [0.29, 0.717) is 0 Å². The Bertz CT molecular complexity index is 80.9. The third-order valence-electron chi connectivity index (χ3n) is 2.48. The van der Waals surface area contributed by atoms with E-state index in [1.807, 2.05) is 0 Å². The minimum absolute atomic E-state index is 0. The van der Waals surface area contributed by atoms with Crippen molar-refractivity contribution in [3.63, 3.8) is 0 Å². The molecule has 1 N–H and O–H groups in total. The van der Waals surface area contributed by atoms with Crippen LogP contribution in [0, 0.1) is 5.92 Å². The van der Waals surface area contributed by atoms with Crippen molar-refractivity contribution in [2.45, 2.75) is 31.7 Å². The van der Waals surface area contributed by atoms with Crippen LogP contribution >= 0.6 is 12.4 Å². The van der Waals surface area contributed by atoms with E-state index in [2.05, 4.69) is 5.32 Å². The van der Waals surface area contributed by atoms with Crippen molar-refractivity contribution in [3.05, 3.63) is 0 Å². The van der Waals surface area contributed by atoms with Crippen LogP contribution in [0.25, 0.3) is 0 Å². The van der Waals surface area contributed by atoms with Crippen LogP contribution in [0.1, 0.15) is 25.7 Å². The average Bonchev–Trinajstić information content (AvgIpc) is 2.12. The van der Waals surface area contributed by atoms with Gasteiger partial charge in [-0.05, 0) is 31.7 Å². The number of fused-ring (bicyclic) bond motifs is 2. The summed E-state index contributed by atoms with van der Waals surface area (Å²) in [5.74, 6) is 1.05. The maximum absolute atomic E-state index is 3.52. The van der Waals surface area contributed by atoms with E-state index < -0.39 is 0 Å². The minimum Gasteiger partial charge on any atom is -0.314 e. The molecule has 9 heavy (non-hydrogen) atoms. The molecule has 0 amide bonds. The lowest BCUT2D eigenvalue weighted by atomic mass is 9.91. The Hall–Kier alpha value is 0.250. The predicted octanol–water partition coefficient (Wildman–Crippen LogP) is 1.57. The number of rotatable bonds is 0. The van der Waals surface area contributed by atoms with Gasteiger partial charge in [0.2, 0.25) is 0 Å². The van der Waals surface area contributed by atoms with E-state index >= 15 is 0 Å². The van der Waals surface area contributed by atoms with Crippen LogP contribution in [0.15, 0.2) is 0 Å². The molecular weight excluding hydrogens is 134 g/mol. The van der Waals surface area contributed by atoms with Gasteiger partial charge in [-0.3, -0.25) is 0 Å². The molecule has 2 fully saturated rings. The monoisotopic (exact) mass is 147 g/mol. The third kappa shape index (κ3) is 1.39. The van der Waals surface area contributed by atoms with E-state index in [4.69, 9.17) is 0 Å². The van der Waals surface area contributed by atoms with Gasteiger partial charge in [-0.15, -0.1) is 12.4 Å². The first-order valence-electron chi connectivity index (χ1n) is 3.68. The molecule has 2 rings (SSSR count). The second-order valence-electron chi connectivity index (χ2n) is 3.14. The van der Waals surface area contributed by atoms with Gasteiger partial charge in [-0.25, -0.2) is 0 Å². The van der Waals surface area contributed by atoms with Gasteiger partial charge in [0.1, 0.15) is 0 Å². The second kappa shape index (κ2) is 2.89. The van der Waals surface area contributed by atoms with Crippen molar-refractivity contribution in [1.29, 1.82) is 0 Å². The lowest BCUT2D eigenvalue weighted by Crippen LogP contribution is -2.20. The zero-order valence-electron chi connectivity index (χ0n) is 5.60. The molecule has 2 atom stereocenters. The Morgan fingerprint density at radius 2 is 2.11 bits per heavy atom. The fourth-order valence-electron chi connectivity index (χ4n) is 2.00. The molecule has 1 aliphatic carbocycles. The Kier molecular flexibility index (Phi) is 2.36. The smallest absolute Gasteiger partial charge is 0.00702 e. The van der Waals surface area contributed by atoms with Gasteiger partial charge in [0, 0.05) is 6.04 Å². The van der Waals surface area contributed by atoms with Crippen molar-refractivity contribution in [2.24, 2.45) is 5.92 Å². The van der Waals surface area contributed by atoms with Crippen molar-refractivity contribution in [2.75, 3.05) is 6.54 Å². The summed E-state index contributed by atoms with van der Waals surface area (Å²) in [7, 11) is 0. The summed E-state index contributed by atoms with van der Waals surface area (Å²) in [5, 5.41) is 3.52. The molecule has 0 radical (unpaired) electrons. The molecular formula is C7H14ClN.